The maximum Gasteiger partial charge on any atom is 0.273 e. The van der Waals surface area contributed by atoms with Crippen LogP contribution in [0.5, 0.6) is 5.75 Å². The van der Waals surface area contributed by atoms with Crippen molar-refractivity contribution in [2.24, 2.45) is 0 Å². The molecule has 0 aliphatic rings. The fourth-order valence-corrected chi connectivity index (χ4v) is 1.75. The SMILES string of the molecule is O=C(NNC(=O)c1ccc(Cl)cc1F)c1ccccc1O. The summed E-state index contributed by atoms with van der Waals surface area (Å²) in [5.41, 5.74) is 3.85. The van der Waals surface area contributed by atoms with E-state index in [1.807, 2.05) is 0 Å². The van der Waals surface area contributed by atoms with Crippen LogP contribution in [-0.4, -0.2) is 16.9 Å². The van der Waals surface area contributed by atoms with E-state index in [1.54, 1.807) is 12.1 Å². The molecule has 0 unspecified atom stereocenters. The molecule has 3 N–H and O–H groups in total. The molecule has 0 saturated heterocycles. The van der Waals surface area contributed by atoms with Crippen molar-refractivity contribution in [3.05, 3.63) is 64.4 Å². The van der Waals surface area contributed by atoms with Crippen molar-refractivity contribution < 1.29 is 19.1 Å². The largest absolute Gasteiger partial charge is 0.507 e. The van der Waals surface area contributed by atoms with Gasteiger partial charge in [-0.05, 0) is 30.3 Å². The lowest BCUT2D eigenvalue weighted by Crippen LogP contribution is -2.41. The fraction of sp³-hybridized carbons (Fsp3) is 0. The second kappa shape index (κ2) is 6.23. The van der Waals surface area contributed by atoms with Crippen molar-refractivity contribution in [3.8, 4) is 5.75 Å². The summed E-state index contributed by atoms with van der Waals surface area (Å²) < 4.78 is 13.5. The highest BCUT2D eigenvalue weighted by atomic mass is 35.5. The molecule has 0 heterocycles. The van der Waals surface area contributed by atoms with E-state index in [4.69, 9.17) is 11.6 Å². The van der Waals surface area contributed by atoms with Crippen LogP contribution >= 0.6 is 11.6 Å². The maximum absolute atomic E-state index is 13.5. The van der Waals surface area contributed by atoms with Gasteiger partial charge < -0.3 is 5.11 Å². The Hall–Kier alpha value is -2.60. The third-order valence-electron chi connectivity index (χ3n) is 2.61. The number of hydrazine groups is 1. The molecule has 2 rings (SSSR count). The molecule has 2 amide bonds. The Kier molecular flexibility index (Phi) is 4.39. The van der Waals surface area contributed by atoms with Crippen LogP contribution in [0.15, 0.2) is 42.5 Å². The lowest BCUT2D eigenvalue weighted by Gasteiger charge is -2.09. The molecule has 2 aromatic rings. The van der Waals surface area contributed by atoms with Gasteiger partial charge >= 0.3 is 0 Å². The number of rotatable bonds is 2. The number of hydrogen-bond donors (Lipinski definition) is 3. The van der Waals surface area contributed by atoms with Crippen LogP contribution in [0.1, 0.15) is 20.7 Å². The molecule has 0 aliphatic heterocycles. The van der Waals surface area contributed by atoms with Gasteiger partial charge in [-0.1, -0.05) is 23.7 Å². The van der Waals surface area contributed by atoms with Gasteiger partial charge in [0.05, 0.1) is 11.1 Å². The van der Waals surface area contributed by atoms with Crippen molar-refractivity contribution in [2.45, 2.75) is 0 Å². The monoisotopic (exact) mass is 308 g/mol. The summed E-state index contributed by atoms with van der Waals surface area (Å²) in [5.74, 6) is -2.61. The van der Waals surface area contributed by atoms with Gasteiger partial charge in [0.25, 0.3) is 11.8 Å². The lowest BCUT2D eigenvalue weighted by molar-refractivity contribution is 0.0842. The molecular formula is C14H10ClFN2O3. The van der Waals surface area contributed by atoms with E-state index in [0.29, 0.717) is 0 Å². The van der Waals surface area contributed by atoms with E-state index in [-0.39, 0.29) is 21.9 Å². The molecule has 7 heteroatoms. The minimum Gasteiger partial charge on any atom is -0.507 e. The van der Waals surface area contributed by atoms with Crippen LogP contribution in [-0.2, 0) is 0 Å². The smallest absolute Gasteiger partial charge is 0.273 e. The lowest BCUT2D eigenvalue weighted by atomic mass is 10.2. The number of amides is 2. The van der Waals surface area contributed by atoms with Crippen molar-refractivity contribution in [2.75, 3.05) is 0 Å². The van der Waals surface area contributed by atoms with Crippen LogP contribution in [0.3, 0.4) is 0 Å². The van der Waals surface area contributed by atoms with E-state index in [2.05, 4.69) is 10.9 Å². The Balaban J connectivity index is 2.04. The topological polar surface area (TPSA) is 78.4 Å². The summed E-state index contributed by atoms with van der Waals surface area (Å²) in [6, 6.07) is 9.34. The Morgan fingerprint density at radius 3 is 2.24 bits per heavy atom. The number of halogens is 2. The van der Waals surface area contributed by atoms with Crippen LogP contribution < -0.4 is 10.9 Å². The van der Waals surface area contributed by atoms with Gasteiger partial charge in [0, 0.05) is 5.02 Å². The molecule has 2 aromatic carbocycles. The zero-order valence-corrected chi connectivity index (χ0v) is 11.3. The molecule has 5 nitrogen and oxygen atoms in total. The first-order chi connectivity index (χ1) is 9.99. The van der Waals surface area contributed by atoms with Crippen LogP contribution in [0, 0.1) is 5.82 Å². The van der Waals surface area contributed by atoms with Gasteiger partial charge in [0.2, 0.25) is 0 Å². The minimum absolute atomic E-state index is 0.0191. The van der Waals surface area contributed by atoms with Gasteiger partial charge in [0.1, 0.15) is 11.6 Å². The van der Waals surface area contributed by atoms with Gasteiger partial charge in [-0.15, -0.1) is 0 Å². The average Bonchev–Trinajstić information content (AvgIpc) is 2.45. The Bertz CT molecular complexity index is 706. The van der Waals surface area contributed by atoms with E-state index in [1.165, 1.54) is 24.3 Å². The van der Waals surface area contributed by atoms with Crippen molar-refractivity contribution >= 4 is 23.4 Å². The van der Waals surface area contributed by atoms with Crippen molar-refractivity contribution in [3.63, 3.8) is 0 Å². The molecule has 0 radical (unpaired) electrons. The highest BCUT2D eigenvalue weighted by Gasteiger charge is 2.14. The van der Waals surface area contributed by atoms with E-state index in [0.717, 1.165) is 6.07 Å². The number of carbonyl (C=O) groups is 2. The van der Waals surface area contributed by atoms with Gasteiger partial charge in [-0.3, -0.25) is 20.4 Å². The number of phenols is 1. The van der Waals surface area contributed by atoms with E-state index < -0.39 is 17.6 Å². The standard InChI is InChI=1S/C14H10ClFN2O3/c15-8-5-6-9(11(16)7-8)13(20)17-18-14(21)10-3-1-2-4-12(10)19/h1-7,19H,(H,17,20)(H,18,21). The molecule has 0 bridgehead atoms. The summed E-state index contributed by atoms with van der Waals surface area (Å²) in [4.78, 5) is 23.5. The molecule has 108 valence electrons. The average molecular weight is 309 g/mol. The number of benzene rings is 2. The van der Waals surface area contributed by atoms with Crippen molar-refractivity contribution in [1.82, 2.24) is 10.9 Å². The first kappa shape index (κ1) is 14.8. The molecule has 0 aromatic heterocycles. The molecular weight excluding hydrogens is 299 g/mol. The first-order valence-corrected chi connectivity index (χ1v) is 6.20. The molecule has 0 spiro atoms. The zero-order valence-electron chi connectivity index (χ0n) is 10.6. The number of aromatic hydroxyl groups is 1. The highest BCUT2D eigenvalue weighted by Crippen LogP contribution is 2.15. The van der Waals surface area contributed by atoms with Crippen LogP contribution in [0.25, 0.3) is 0 Å². The van der Waals surface area contributed by atoms with Crippen LogP contribution in [0.2, 0.25) is 5.02 Å². The second-order valence-electron chi connectivity index (χ2n) is 4.05. The quantitative estimate of drug-likeness (QED) is 0.745. The van der Waals surface area contributed by atoms with Crippen molar-refractivity contribution in [1.29, 1.82) is 0 Å². The Morgan fingerprint density at radius 2 is 1.62 bits per heavy atom. The molecule has 0 saturated carbocycles. The first-order valence-electron chi connectivity index (χ1n) is 5.83. The second-order valence-corrected chi connectivity index (χ2v) is 4.49. The highest BCUT2D eigenvalue weighted by molar-refractivity contribution is 6.30. The number of para-hydroxylation sites is 1. The Labute approximate surface area is 124 Å². The molecule has 0 aliphatic carbocycles. The number of nitrogens with one attached hydrogen (secondary N) is 2. The molecule has 21 heavy (non-hydrogen) atoms. The summed E-state index contributed by atoms with van der Waals surface area (Å²) in [5, 5.41) is 9.64. The van der Waals surface area contributed by atoms with Gasteiger partial charge in [-0.2, -0.15) is 0 Å². The number of hydrogen-bond acceptors (Lipinski definition) is 3. The minimum atomic E-state index is -0.840. The summed E-state index contributed by atoms with van der Waals surface area (Å²) in [7, 11) is 0. The maximum atomic E-state index is 13.5. The number of phenolic OH excluding ortho intramolecular Hbond substituents is 1. The molecule has 0 atom stereocenters. The normalized spacial score (nSPS) is 10.0. The van der Waals surface area contributed by atoms with Gasteiger partial charge in [0.15, 0.2) is 0 Å². The van der Waals surface area contributed by atoms with Crippen LogP contribution in [0.4, 0.5) is 4.39 Å². The van der Waals surface area contributed by atoms with Gasteiger partial charge in [-0.25, -0.2) is 4.39 Å². The van der Waals surface area contributed by atoms with E-state index >= 15 is 0 Å². The summed E-state index contributed by atoms with van der Waals surface area (Å²) in [6.07, 6.45) is 0. The third kappa shape index (κ3) is 3.49. The predicted molar refractivity (Wildman–Crippen MR) is 74.4 cm³/mol. The zero-order chi connectivity index (χ0) is 15.4. The summed E-state index contributed by atoms with van der Waals surface area (Å²) in [6.45, 7) is 0. The summed E-state index contributed by atoms with van der Waals surface area (Å²) >= 11 is 5.58. The third-order valence-corrected chi connectivity index (χ3v) is 2.85. The molecule has 0 fully saturated rings. The fourth-order valence-electron chi connectivity index (χ4n) is 1.59. The Morgan fingerprint density at radius 1 is 1.00 bits per heavy atom. The number of carbonyl (C=O) groups excluding carboxylic acids is 2. The predicted octanol–water partition coefficient (Wildman–Crippen LogP) is 2.26. The van der Waals surface area contributed by atoms with E-state index in [9.17, 15) is 19.1 Å².